The minimum absolute atomic E-state index is 0.0726. The molecule has 174 valence electrons. The lowest BCUT2D eigenvalue weighted by molar-refractivity contribution is -0.137. The fourth-order valence-corrected chi connectivity index (χ4v) is 5.43. The molecule has 0 spiro atoms. The van der Waals surface area contributed by atoms with Crippen LogP contribution < -0.4 is 5.32 Å². The van der Waals surface area contributed by atoms with Crippen LogP contribution in [0, 0.1) is 19.3 Å². The van der Waals surface area contributed by atoms with Crippen molar-refractivity contribution in [2.75, 3.05) is 13.1 Å². The van der Waals surface area contributed by atoms with E-state index >= 15 is 0 Å². The summed E-state index contributed by atoms with van der Waals surface area (Å²) in [6, 6.07) is 6.27. The molecule has 2 aliphatic rings. The molecule has 0 atom stereocenters. The molecule has 0 saturated carbocycles. The fourth-order valence-electron chi connectivity index (χ4n) is 5.43. The lowest BCUT2D eigenvalue weighted by atomic mass is 9.74. The van der Waals surface area contributed by atoms with Gasteiger partial charge in [-0.2, -0.15) is 0 Å². The molecule has 0 unspecified atom stereocenters. The second-order valence-electron chi connectivity index (χ2n) is 10.2. The number of ketones is 1. The van der Waals surface area contributed by atoms with Crippen LogP contribution in [0.15, 0.2) is 28.9 Å². The largest absolute Gasteiger partial charge is 0.480 e. The Balaban J connectivity index is 2.18. The highest BCUT2D eigenvalue weighted by Gasteiger charge is 2.39. The number of hydrogen-bond donors (Lipinski definition) is 2. The third kappa shape index (κ3) is 4.26. The van der Waals surface area contributed by atoms with Gasteiger partial charge in [-0.15, -0.1) is 0 Å². The number of benzene rings is 1. The second-order valence-corrected chi connectivity index (χ2v) is 10.2. The van der Waals surface area contributed by atoms with Crippen LogP contribution in [-0.2, 0) is 17.8 Å². The molecule has 6 heteroatoms. The van der Waals surface area contributed by atoms with Crippen molar-refractivity contribution in [3.8, 4) is 11.3 Å². The number of aliphatic imine (C=N–C) groups is 1. The van der Waals surface area contributed by atoms with Gasteiger partial charge in [0, 0.05) is 46.8 Å². The number of aryl methyl sites for hydroxylation is 2. The van der Waals surface area contributed by atoms with Crippen LogP contribution in [0.25, 0.3) is 16.8 Å². The summed E-state index contributed by atoms with van der Waals surface area (Å²) in [6.07, 6.45) is 1.08. The first-order valence-electron chi connectivity index (χ1n) is 11.5. The Hall–Kier alpha value is -3.15. The first-order valence-corrected chi connectivity index (χ1v) is 11.5. The lowest BCUT2D eigenvalue weighted by Crippen LogP contribution is -2.29. The number of hydrogen-bond acceptors (Lipinski definition) is 4. The number of carbonyl (C=O) groups is 2. The summed E-state index contributed by atoms with van der Waals surface area (Å²) in [5, 5.41) is 13.3. The van der Waals surface area contributed by atoms with Crippen LogP contribution in [0.4, 0.5) is 0 Å². The second kappa shape index (κ2) is 8.32. The van der Waals surface area contributed by atoms with Crippen molar-refractivity contribution in [2.24, 2.45) is 10.4 Å². The van der Waals surface area contributed by atoms with Crippen LogP contribution in [0.3, 0.4) is 0 Å². The molecule has 1 aromatic heterocycles. The molecule has 0 radical (unpaired) electrons. The van der Waals surface area contributed by atoms with E-state index in [9.17, 15) is 14.7 Å². The van der Waals surface area contributed by atoms with Gasteiger partial charge in [0.05, 0.1) is 12.2 Å². The summed E-state index contributed by atoms with van der Waals surface area (Å²) in [4.78, 5) is 30.4. The Morgan fingerprint density at radius 2 is 1.76 bits per heavy atom. The maximum atomic E-state index is 13.6. The highest BCUT2D eigenvalue weighted by molar-refractivity contribution is 6.27. The Morgan fingerprint density at radius 3 is 2.39 bits per heavy atom. The van der Waals surface area contributed by atoms with Gasteiger partial charge in [0.25, 0.3) is 0 Å². The van der Waals surface area contributed by atoms with Gasteiger partial charge in [0.1, 0.15) is 6.54 Å². The number of nitrogens with zero attached hydrogens (tertiary/aromatic N) is 2. The normalized spacial score (nSPS) is 17.9. The van der Waals surface area contributed by atoms with E-state index in [1.807, 2.05) is 32.3 Å². The first-order chi connectivity index (χ1) is 15.5. The minimum Gasteiger partial charge on any atom is -0.480 e. The number of aromatic nitrogens is 1. The van der Waals surface area contributed by atoms with E-state index in [1.54, 1.807) is 0 Å². The fraction of sp³-hybridized carbons (Fsp3) is 0.444. The summed E-state index contributed by atoms with van der Waals surface area (Å²) in [5.41, 5.74) is 8.75. The van der Waals surface area contributed by atoms with Crippen molar-refractivity contribution >= 4 is 23.0 Å². The number of allylic oxidation sites excluding steroid dienone is 2. The standard InChI is InChI=1S/C27H33N3O3/c1-15-9-16(2)11-19(10-15)26-25(23-17(3)28-7-8-29-18(23)4)24-20(30(26)14-22(32)33)12-27(5,6)13-21(24)31/h9-11,28H,7-8,12-14H2,1-6H3,(H,32,33). The van der Waals surface area contributed by atoms with Crippen molar-refractivity contribution < 1.29 is 14.7 Å². The molecule has 0 fully saturated rings. The highest BCUT2D eigenvalue weighted by Crippen LogP contribution is 2.45. The average Bonchev–Trinajstić information content (AvgIpc) is 2.86. The van der Waals surface area contributed by atoms with Crippen molar-refractivity contribution in [3.05, 3.63) is 51.8 Å². The van der Waals surface area contributed by atoms with Crippen molar-refractivity contribution in [1.82, 2.24) is 9.88 Å². The zero-order valence-electron chi connectivity index (χ0n) is 20.4. The number of aliphatic carboxylic acids is 1. The number of fused-ring (bicyclic) bond motifs is 1. The first kappa shape index (κ1) is 23.0. The van der Waals surface area contributed by atoms with Crippen molar-refractivity contribution in [1.29, 1.82) is 0 Å². The SMILES string of the molecule is CC1=NCCNC(C)=C1c1c2c(n(CC(=O)O)c1-c1cc(C)cc(C)c1)CC(C)(C)CC2=O. The van der Waals surface area contributed by atoms with E-state index in [4.69, 9.17) is 4.99 Å². The Labute approximate surface area is 195 Å². The lowest BCUT2D eigenvalue weighted by Gasteiger charge is -2.30. The van der Waals surface area contributed by atoms with Crippen molar-refractivity contribution in [3.63, 3.8) is 0 Å². The van der Waals surface area contributed by atoms with Gasteiger partial charge >= 0.3 is 5.97 Å². The molecular formula is C27H33N3O3. The smallest absolute Gasteiger partial charge is 0.323 e. The molecule has 2 N–H and O–H groups in total. The summed E-state index contributed by atoms with van der Waals surface area (Å²) < 4.78 is 1.87. The molecule has 6 nitrogen and oxygen atoms in total. The van der Waals surface area contributed by atoms with Gasteiger partial charge in [0.2, 0.25) is 0 Å². The maximum absolute atomic E-state index is 13.6. The van der Waals surface area contributed by atoms with E-state index in [2.05, 4.69) is 37.4 Å². The van der Waals surface area contributed by atoms with Gasteiger partial charge in [-0.3, -0.25) is 14.6 Å². The molecule has 0 bridgehead atoms. The zero-order chi connectivity index (χ0) is 24.1. The Bertz CT molecular complexity index is 1210. The molecular weight excluding hydrogens is 414 g/mol. The van der Waals surface area contributed by atoms with E-state index in [0.29, 0.717) is 24.9 Å². The van der Waals surface area contributed by atoms with Crippen LogP contribution in [0.1, 0.15) is 66.9 Å². The Kier molecular flexibility index (Phi) is 5.81. The van der Waals surface area contributed by atoms with Gasteiger partial charge in [-0.05, 0) is 57.2 Å². The molecule has 2 aromatic rings. The topological polar surface area (TPSA) is 83.7 Å². The number of carboxylic acids is 1. The highest BCUT2D eigenvalue weighted by atomic mass is 16.4. The summed E-state index contributed by atoms with van der Waals surface area (Å²) in [6.45, 7) is 13.4. The predicted molar refractivity (Wildman–Crippen MR) is 132 cm³/mol. The molecule has 0 saturated heterocycles. The maximum Gasteiger partial charge on any atom is 0.323 e. The zero-order valence-corrected chi connectivity index (χ0v) is 20.4. The molecule has 2 heterocycles. The van der Waals surface area contributed by atoms with Crippen LogP contribution in [0.5, 0.6) is 0 Å². The number of Topliss-reactive ketones (excluding diaryl/α,β-unsaturated/α-hetero) is 1. The van der Waals surface area contributed by atoms with Crippen LogP contribution in [0.2, 0.25) is 0 Å². The van der Waals surface area contributed by atoms with Crippen LogP contribution in [-0.4, -0.2) is 40.2 Å². The van der Waals surface area contributed by atoms with Crippen LogP contribution >= 0.6 is 0 Å². The summed E-state index contributed by atoms with van der Waals surface area (Å²) in [7, 11) is 0. The molecule has 4 rings (SSSR count). The van der Waals surface area contributed by atoms with Gasteiger partial charge in [-0.25, -0.2) is 0 Å². The van der Waals surface area contributed by atoms with E-state index in [0.717, 1.165) is 57.2 Å². The minimum atomic E-state index is -0.920. The monoisotopic (exact) mass is 447 g/mol. The molecule has 1 aliphatic carbocycles. The number of carboxylic acid groups (broad SMARTS) is 1. The van der Waals surface area contributed by atoms with Crippen molar-refractivity contribution in [2.45, 2.75) is 60.9 Å². The van der Waals surface area contributed by atoms with Gasteiger partial charge in [0.15, 0.2) is 5.78 Å². The Morgan fingerprint density at radius 1 is 1.09 bits per heavy atom. The quantitative estimate of drug-likeness (QED) is 0.705. The van der Waals surface area contributed by atoms with Gasteiger partial charge in [-0.1, -0.05) is 31.0 Å². The number of rotatable bonds is 4. The third-order valence-electron chi connectivity index (χ3n) is 6.56. The molecule has 1 aliphatic heterocycles. The molecule has 33 heavy (non-hydrogen) atoms. The predicted octanol–water partition coefficient (Wildman–Crippen LogP) is 4.81. The average molecular weight is 448 g/mol. The molecule has 1 aromatic carbocycles. The van der Waals surface area contributed by atoms with E-state index < -0.39 is 5.97 Å². The van der Waals surface area contributed by atoms with Gasteiger partial charge < -0.3 is 15.0 Å². The molecule has 0 amide bonds. The van der Waals surface area contributed by atoms with E-state index in [1.165, 1.54) is 0 Å². The number of nitrogens with one attached hydrogen (secondary N) is 1. The number of carbonyl (C=O) groups excluding carboxylic acids is 1. The summed E-state index contributed by atoms with van der Waals surface area (Å²) >= 11 is 0. The third-order valence-corrected chi connectivity index (χ3v) is 6.56. The summed E-state index contributed by atoms with van der Waals surface area (Å²) in [5.74, 6) is -0.848. The van der Waals surface area contributed by atoms with E-state index in [-0.39, 0.29) is 17.7 Å².